The predicted molar refractivity (Wildman–Crippen MR) is 77.5 cm³/mol. The molecule has 19 heavy (non-hydrogen) atoms. The number of rotatable bonds is 5. The zero-order valence-corrected chi connectivity index (χ0v) is 11.7. The summed E-state index contributed by atoms with van der Waals surface area (Å²) >= 11 is 3.22. The first-order valence-electron chi connectivity index (χ1n) is 5.83. The molecule has 0 saturated carbocycles. The number of pyridine rings is 1. The topological polar surface area (TPSA) is 62.2 Å². The molecule has 1 heterocycles. The summed E-state index contributed by atoms with van der Waals surface area (Å²) in [4.78, 5) is 15.2. The van der Waals surface area contributed by atoms with Gasteiger partial charge >= 0.3 is 5.97 Å². The van der Waals surface area contributed by atoms with Crippen LogP contribution in [0.4, 0.5) is 5.82 Å². The fourth-order valence-electron chi connectivity index (χ4n) is 1.71. The van der Waals surface area contributed by atoms with Crippen LogP contribution in [0.1, 0.15) is 15.9 Å². The summed E-state index contributed by atoms with van der Waals surface area (Å²) in [7, 11) is 0. The molecule has 2 N–H and O–H groups in total. The third kappa shape index (κ3) is 3.79. The summed E-state index contributed by atoms with van der Waals surface area (Å²) in [5.74, 6) is -0.595. The first kappa shape index (κ1) is 13.5. The van der Waals surface area contributed by atoms with Crippen molar-refractivity contribution < 1.29 is 9.90 Å². The number of aromatic carboxylic acids is 1. The van der Waals surface area contributed by atoms with Gasteiger partial charge in [-0.2, -0.15) is 0 Å². The lowest BCUT2D eigenvalue weighted by atomic mass is 10.1. The van der Waals surface area contributed by atoms with Crippen LogP contribution in [0.15, 0.2) is 47.1 Å². The van der Waals surface area contributed by atoms with Crippen molar-refractivity contribution >= 4 is 27.7 Å². The fraction of sp³-hybridized carbons (Fsp3) is 0.143. The first-order valence-corrected chi connectivity index (χ1v) is 6.63. The number of nitrogens with zero attached hydrogens (tertiary/aromatic N) is 1. The molecule has 1 aromatic carbocycles. The highest BCUT2D eigenvalue weighted by Crippen LogP contribution is 2.18. The number of carboxylic acids is 1. The van der Waals surface area contributed by atoms with E-state index in [9.17, 15) is 4.79 Å². The van der Waals surface area contributed by atoms with Gasteiger partial charge in [0.2, 0.25) is 0 Å². The van der Waals surface area contributed by atoms with Crippen LogP contribution >= 0.6 is 15.9 Å². The summed E-state index contributed by atoms with van der Waals surface area (Å²) in [6.45, 7) is 0.638. The van der Waals surface area contributed by atoms with Crippen LogP contribution < -0.4 is 5.32 Å². The Morgan fingerprint density at radius 3 is 2.74 bits per heavy atom. The van der Waals surface area contributed by atoms with Crippen molar-refractivity contribution in [2.45, 2.75) is 6.42 Å². The molecular weight excluding hydrogens is 308 g/mol. The monoisotopic (exact) mass is 320 g/mol. The van der Waals surface area contributed by atoms with Gasteiger partial charge in [-0.3, -0.25) is 0 Å². The highest BCUT2D eigenvalue weighted by Gasteiger charge is 2.11. The predicted octanol–water partition coefficient (Wildman–Crippen LogP) is 3.20. The number of hydrogen-bond acceptors (Lipinski definition) is 3. The number of halogens is 1. The summed E-state index contributed by atoms with van der Waals surface area (Å²) in [5, 5.41) is 12.2. The standard InChI is InChI=1S/C14H13BrN2O2/c15-11-8-12(14(18)19)13(17-9-11)16-7-6-10-4-2-1-3-5-10/h1-5,8-9H,6-7H2,(H,16,17)(H,18,19). The Morgan fingerprint density at radius 1 is 1.32 bits per heavy atom. The molecule has 5 heteroatoms. The maximum absolute atomic E-state index is 11.1. The van der Waals surface area contributed by atoms with Crippen LogP contribution in [0.2, 0.25) is 0 Å². The van der Waals surface area contributed by atoms with Crippen molar-refractivity contribution in [1.82, 2.24) is 4.98 Å². The number of carbonyl (C=O) groups is 1. The minimum absolute atomic E-state index is 0.169. The number of carboxylic acid groups (broad SMARTS) is 1. The van der Waals surface area contributed by atoms with Gasteiger partial charge in [-0.15, -0.1) is 0 Å². The largest absolute Gasteiger partial charge is 0.478 e. The molecule has 0 aliphatic carbocycles. The smallest absolute Gasteiger partial charge is 0.339 e. The molecule has 0 unspecified atom stereocenters. The van der Waals surface area contributed by atoms with Crippen molar-refractivity contribution in [2.24, 2.45) is 0 Å². The maximum atomic E-state index is 11.1. The Kier molecular flexibility index (Phi) is 4.52. The quantitative estimate of drug-likeness (QED) is 0.888. The Labute approximate surface area is 119 Å². The van der Waals surface area contributed by atoms with E-state index < -0.39 is 5.97 Å². The molecule has 2 rings (SSSR count). The minimum atomic E-state index is -0.990. The highest BCUT2D eigenvalue weighted by molar-refractivity contribution is 9.10. The van der Waals surface area contributed by atoms with Crippen LogP contribution in [0.5, 0.6) is 0 Å². The zero-order valence-electron chi connectivity index (χ0n) is 10.1. The third-order valence-electron chi connectivity index (χ3n) is 2.63. The van der Waals surface area contributed by atoms with Gasteiger partial charge in [0.15, 0.2) is 0 Å². The van der Waals surface area contributed by atoms with Gasteiger partial charge in [0.25, 0.3) is 0 Å². The molecule has 1 aromatic heterocycles. The number of aromatic nitrogens is 1. The molecule has 0 radical (unpaired) electrons. The molecule has 4 nitrogen and oxygen atoms in total. The molecule has 0 spiro atoms. The normalized spacial score (nSPS) is 10.2. The summed E-state index contributed by atoms with van der Waals surface area (Å²) in [6.07, 6.45) is 2.40. The van der Waals surface area contributed by atoms with E-state index in [1.54, 1.807) is 12.3 Å². The second-order valence-corrected chi connectivity index (χ2v) is 4.93. The maximum Gasteiger partial charge on any atom is 0.339 e. The van der Waals surface area contributed by atoms with E-state index in [4.69, 9.17) is 5.11 Å². The molecular formula is C14H13BrN2O2. The number of anilines is 1. The van der Waals surface area contributed by atoms with Crippen LogP contribution in [-0.2, 0) is 6.42 Å². The van der Waals surface area contributed by atoms with Crippen LogP contribution in [0.3, 0.4) is 0 Å². The molecule has 0 saturated heterocycles. The van der Waals surface area contributed by atoms with E-state index in [0.29, 0.717) is 16.8 Å². The first-order chi connectivity index (χ1) is 9.16. The Bertz CT molecular complexity index is 573. The van der Waals surface area contributed by atoms with E-state index in [1.165, 1.54) is 5.56 Å². The van der Waals surface area contributed by atoms with E-state index >= 15 is 0 Å². The van der Waals surface area contributed by atoms with Crippen LogP contribution in [-0.4, -0.2) is 22.6 Å². The lowest BCUT2D eigenvalue weighted by Crippen LogP contribution is -2.11. The fourth-order valence-corrected chi connectivity index (χ4v) is 2.04. The molecule has 0 amide bonds. The average Bonchev–Trinajstić information content (AvgIpc) is 2.41. The van der Waals surface area contributed by atoms with Gasteiger partial charge in [0.05, 0.1) is 0 Å². The number of hydrogen-bond donors (Lipinski definition) is 2. The SMILES string of the molecule is O=C(O)c1cc(Br)cnc1NCCc1ccccc1. The lowest BCUT2D eigenvalue weighted by molar-refractivity contribution is 0.0697. The molecule has 2 aromatic rings. The van der Waals surface area contributed by atoms with Crippen molar-refractivity contribution in [3.05, 3.63) is 58.2 Å². The van der Waals surface area contributed by atoms with Crippen molar-refractivity contribution in [3.63, 3.8) is 0 Å². The van der Waals surface area contributed by atoms with Gasteiger partial charge in [-0.05, 0) is 34.0 Å². The van der Waals surface area contributed by atoms with Gasteiger partial charge in [-0.25, -0.2) is 9.78 Å². The van der Waals surface area contributed by atoms with E-state index in [0.717, 1.165) is 6.42 Å². The highest BCUT2D eigenvalue weighted by atomic mass is 79.9. The van der Waals surface area contributed by atoms with Crippen molar-refractivity contribution in [1.29, 1.82) is 0 Å². The molecule has 98 valence electrons. The molecule has 0 aliphatic heterocycles. The Hall–Kier alpha value is -1.88. The summed E-state index contributed by atoms with van der Waals surface area (Å²) < 4.78 is 0.651. The van der Waals surface area contributed by atoms with Crippen LogP contribution in [0.25, 0.3) is 0 Å². The van der Waals surface area contributed by atoms with Gasteiger partial charge in [-0.1, -0.05) is 30.3 Å². The van der Waals surface area contributed by atoms with E-state index in [-0.39, 0.29) is 5.56 Å². The second kappa shape index (κ2) is 6.33. The third-order valence-corrected chi connectivity index (χ3v) is 3.07. The van der Waals surface area contributed by atoms with E-state index in [1.807, 2.05) is 30.3 Å². The number of benzene rings is 1. The molecule has 0 bridgehead atoms. The average molecular weight is 321 g/mol. The molecule has 0 atom stereocenters. The Balaban J connectivity index is 2.02. The second-order valence-electron chi connectivity index (χ2n) is 4.02. The molecule has 0 aliphatic rings. The van der Waals surface area contributed by atoms with Crippen molar-refractivity contribution in [3.8, 4) is 0 Å². The van der Waals surface area contributed by atoms with Crippen molar-refractivity contribution in [2.75, 3.05) is 11.9 Å². The lowest BCUT2D eigenvalue weighted by Gasteiger charge is -2.08. The summed E-state index contributed by atoms with van der Waals surface area (Å²) in [5.41, 5.74) is 1.37. The molecule has 0 fully saturated rings. The van der Waals surface area contributed by atoms with Gasteiger partial charge in [0, 0.05) is 17.2 Å². The van der Waals surface area contributed by atoms with Crippen LogP contribution in [0, 0.1) is 0 Å². The Morgan fingerprint density at radius 2 is 2.05 bits per heavy atom. The minimum Gasteiger partial charge on any atom is -0.478 e. The van der Waals surface area contributed by atoms with Gasteiger partial charge in [0.1, 0.15) is 11.4 Å². The van der Waals surface area contributed by atoms with E-state index in [2.05, 4.69) is 26.2 Å². The summed E-state index contributed by atoms with van der Waals surface area (Å²) in [6, 6.07) is 11.5. The zero-order chi connectivity index (χ0) is 13.7. The van der Waals surface area contributed by atoms with Gasteiger partial charge < -0.3 is 10.4 Å². The number of nitrogens with one attached hydrogen (secondary N) is 1.